The molecular weight excluding hydrogens is 252 g/mol. The Balaban J connectivity index is 2.27. The second kappa shape index (κ2) is 4.94. The fraction of sp³-hybridized carbons (Fsp3) is 0.200. The number of hydrogen-bond acceptors (Lipinski definition) is 3. The Labute approximate surface area is 116 Å². The van der Waals surface area contributed by atoms with Gasteiger partial charge in [-0.3, -0.25) is 4.79 Å². The maximum atomic E-state index is 11.5. The molecule has 20 heavy (non-hydrogen) atoms. The molecule has 0 radical (unpaired) electrons. The van der Waals surface area contributed by atoms with E-state index in [0.29, 0.717) is 6.54 Å². The maximum Gasteiger partial charge on any atom is 0.248 e. The number of nitrogens with zero attached hydrogens (tertiary/aromatic N) is 2. The van der Waals surface area contributed by atoms with Crippen LogP contribution >= 0.6 is 0 Å². The highest BCUT2D eigenvalue weighted by molar-refractivity contribution is 5.81. The molecule has 3 aromatic rings. The fourth-order valence-electron chi connectivity index (χ4n) is 2.43. The summed E-state index contributed by atoms with van der Waals surface area (Å²) in [5, 5.41) is 0. The first kappa shape index (κ1) is 12.6. The van der Waals surface area contributed by atoms with Crippen LogP contribution in [0.25, 0.3) is 22.4 Å². The van der Waals surface area contributed by atoms with E-state index >= 15 is 0 Å². The van der Waals surface area contributed by atoms with Crippen molar-refractivity contribution < 1.29 is 0 Å². The lowest BCUT2D eigenvalue weighted by Gasteiger charge is -2.05. The number of rotatable bonds is 3. The third-order valence-corrected chi connectivity index (χ3v) is 3.40. The summed E-state index contributed by atoms with van der Waals surface area (Å²) in [6.45, 7) is 3.35. The highest BCUT2D eigenvalue weighted by Crippen LogP contribution is 2.24. The van der Waals surface area contributed by atoms with Gasteiger partial charge in [-0.2, -0.15) is 0 Å². The van der Waals surface area contributed by atoms with Gasteiger partial charge in [0.25, 0.3) is 0 Å². The molecule has 3 N–H and O–H groups in total. The molecule has 0 spiro atoms. The van der Waals surface area contributed by atoms with Crippen molar-refractivity contribution in [1.29, 1.82) is 0 Å². The van der Waals surface area contributed by atoms with E-state index in [4.69, 9.17) is 5.73 Å². The van der Waals surface area contributed by atoms with Crippen LogP contribution in [0, 0.1) is 0 Å². The molecule has 1 aromatic carbocycles. The molecule has 0 amide bonds. The van der Waals surface area contributed by atoms with Crippen LogP contribution in [-0.4, -0.2) is 14.5 Å². The molecule has 0 fully saturated rings. The van der Waals surface area contributed by atoms with Gasteiger partial charge < -0.3 is 15.3 Å². The summed E-state index contributed by atoms with van der Waals surface area (Å²) in [4.78, 5) is 18.7. The first-order chi connectivity index (χ1) is 9.72. The predicted octanol–water partition coefficient (Wildman–Crippen LogP) is 1.87. The summed E-state index contributed by atoms with van der Waals surface area (Å²) >= 11 is 0. The van der Waals surface area contributed by atoms with Gasteiger partial charge in [0.15, 0.2) is 0 Å². The molecule has 0 aliphatic heterocycles. The summed E-state index contributed by atoms with van der Waals surface area (Å²) in [5.74, 6) is 0.808. The van der Waals surface area contributed by atoms with Crippen LogP contribution in [0.5, 0.6) is 0 Å². The van der Waals surface area contributed by atoms with Crippen LogP contribution in [0.4, 0.5) is 0 Å². The molecule has 0 atom stereocenters. The number of nitrogens with one attached hydrogen (secondary N) is 1. The number of aryl methyl sites for hydroxylation is 1. The van der Waals surface area contributed by atoms with Crippen LogP contribution in [0.1, 0.15) is 12.5 Å². The monoisotopic (exact) mass is 268 g/mol. The van der Waals surface area contributed by atoms with E-state index in [9.17, 15) is 4.79 Å². The summed E-state index contributed by atoms with van der Waals surface area (Å²) in [5.41, 5.74) is 9.38. The molecule has 0 saturated carbocycles. The molecule has 2 heterocycles. The van der Waals surface area contributed by atoms with Crippen molar-refractivity contribution in [1.82, 2.24) is 14.5 Å². The summed E-state index contributed by atoms with van der Waals surface area (Å²) in [6.07, 6.45) is 1.64. The van der Waals surface area contributed by atoms with Gasteiger partial charge in [-0.25, -0.2) is 4.98 Å². The van der Waals surface area contributed by atoms with Gasteiger partial charge in [0.2, 0.25) is 5.56 Å². The molecular formula is C15H16N4O. The molecule has 5 nitrogen and oxygen atoms in total. The first-order valence-corrected chi connectivity index (χ1v) is 6.61. The van der Waals surface area contributed by atoms with Gasteiger partial charge in [-0.15, -0.1) is 0 Å². The Morgan fingerprint density at radius 1 is 1.30 bits per heavy atom. The Hall–Kier alpha value is -2.40. The second-order valence-electron chi connectivity index (χ2n) is 4.65. The van der Waals surface area contributed by atoms with Gasteiger partial charge in [-0.05, 0) is 30.7 Å². The highest BCUT2D eigenvalue weighted by atomic mass is 16.1. The molecule has 5 heteroatoms. The number of imidazole rings is 1. The van der Waals surface area contributed by atoms with Crippen molar-refractivity contribution >= 4 is 11.0 Å². The van der Waals surface area contributed by atoms with Crippen LogP contribution in [0.2, 0.25) is 0 Å². The Morgan fingerprint density at radius 2 is 2.15 bits per heavy atom. The molecule has 0 aliphatic carbocycles. The van der Waals surface area contributed by atoms with Crippen molar-refractivity contribution in [2.75, 3.05) is 0 Å². The summed E-state index contributed by atoms with van der Waals surface area (Å²) in [6, 6.07) is 9.47. The summed E-state index contributed by atoms with van der Waals surface area (Å²) < 4.78 is 2.10. The number of H-pyrrole nitrogens is 1. The zero-order valence-electron chi connectivity index (χ0n) is 11.3. The van der Waals surface area contributed by atoms with Gasteiger partial charge in [-0.1, -0.05) is 6.07 Å². The first-order valence-electron chi connectivity index (χ1n) is 6.61. The van der Waals surface area contributed by atoms with E-state index in [-0.39, 0.29) is 5.56 Å². The van der Waals surface area contributed by atoms with E-state index in [1.807, 2.05) is 24.3 Å². The Morgan fingerprint density at radius 3 is 2.85 bits per heavy atom. The van der Waals surface area contributed by atoms with Crippen molar-refractivity contribution in [2.24, 2.45) is 5.73 Å². The standard InChI is InChI=1S/C15H16N4O/c1-2-19-13-4-3-10(9-16)7-12(13)18-15(19)11-5-6-17-14(20)8-11/h3-8H,2,9,16H2,1H3,(H,17,20). The van der Waals surface area contributed by atoms with E-state index in [2.05, 4.69) is 21.5 Å². The van der Waals surface area contributed by atoms with E-state index < -0.39 is 0 Å². The van der Waals surface area contributed by atoms with Crippen molar-refractivity contribution in [2.45, 2.75) is 20.0 Å². The van der Waals surface area contributed by atoms with Crippen LogP contribution in [0.15, 0.2) is 41.3 Å². The Kier molecular flexibility index (Phi) is 3.12. The van der Waals surface area contributed by atoms with Crippen LogP contribution < -0.4 is 11.3 Å². The maximum absolute atomic E-state index is 11.5. The van der Waals surface area contributed by atoms with Crippen molar-refractivity contribution in [3.8, 4) is 11.4 Å². The van der Waals surface area contributed by atoms with Gasteiger partial charge in [0.05, 0.1) is 11.0 Å². The molecule has 102 valence electrons. The topological polar surface area (TPSA) is 76.7 Å². The molecule has 2 aromatic heterocycles. The molecule has 0 saturated heterocycles. The molecule has 0 unspecified atom stereocenters. The number of pyridine rings is 1. The average Bonchev–Trinajstić information content (AvgIpc) is 2.84. The molecule has 0 aliphatic rings. The average molecular weight is 268 g/mol. The van der Waals surface area contributed by atoms with E-state index in [1.165, 1.54) is 0 Å². The predicted molar refractivity (Wildman–Crippen MR) is 79.4 cm³/mol. The lowest BCUT2D eigenvalue weighted by Crippen LogP contribution is -2.05. The number of nitrogens with two attached hydrogens (primary N) is 1. The van der Waals surface area contributed by atoms with Crippen molar-refractivity contribution in [3.63, 3.8) is 0 Å². The quantitative estimate of drug-likeness (QED) is 0.761. The van der Waals surface area contributed by atoms with E-state index in [1.54, 1.807) is 12.3 Å². The van der Waals surface area contributed by atoms with Gasteiger partial charge >= 0.3 is 0 Å². The third kappa shape index (κ3) is 2.02. The number of fused-ring (bicyclic) bond motifs is 1. The minimum absolute atomic E-state index is 0.125. The number of aromatic nitrogens is 3. The smallest absolute Gasteiger partial charge is 0.248 e. The zero-order valence-corrected chi connectivity index (χ0v) is 11.3. The largest absolute Gasteiger partial charge is 0.329 e. The number of aromatic amines is 1. The summed E-state index contributed by atoms with van der Waals surface area (Å²) in [7, 11) is 0. The minimum Gasteiger partial charge on any atom is -0.329 e. The van der Waals surface area contributed by atoms with Gasteiger partial charge in [0, 0.05) is 30.9 Å². The minimum atomic E-state index is -0.125. The second-order valence-corrected chi connectivity index (χ2v) is 4.65. The third-order valence-electron chi connectivity index (χ3n) is 3.40. The molecule has 3 rings (SSSR count). The Bertz CT molecular complexity index is 816. The lowest BCUT2D eigenvalue weighted by molar-refractivity contribution is 0.796. The number of hydrogen-bond donors (Lipinski definition) is 2. The molecule has 0 bridgehead atoms. The van der Waals surface area contributed by atoms with Crippen molar-refractivity contribution in [3.05, 3.63) is 52.4 Å². The van der Waals surface area contributed by atoms with Gasteiger partial charge in [0.1, 0.15) is 5.82 Å². The zero-order chi connectivity index (χ0) is 14.1. The normalized spacial score (nSPS) is 11.1. The fourth-order valence-corrected chi connectivity index (χ4v) is 2.43. The highest BCUT2D eigenvalue weighted by Gasteiger charge is 2.12. The van der Waals surface area contributed by atoms with E-state index in [0.717, 1.165) is 34.5 Å². The van der Waals surface area contributed by atoms with Crippen LogP contribution in [-0.2, 0) is 13.1 Å². The van der Waals surface area contributed by atoms with Crippen LogP contribution in [0.3, 0.4) is 0 Å². The SMILES string of the molecule is CCn1c(-c2cc[nH]c(=O)c2)nc2cc(CN)ccc21. The number of benzene rings is 1. The lowest BCUT2D eigenvalue weighted by atomic mass is 10.2.